The van der Waals surface area contributed by atoms with Gasteiger partial charge >= 0.3 is 6.09 Å². The number of amides is 2. The summed E-state index contributed by atoms with van der Waals surface area (Å²) >= 11 is 0. The summed E-state index contributed by atoms with van der Waals surface area (Å²) in [4.78, 5) is 37.6. The van der Waals surface area contributed by atoms with E-state index in [4.69, 9.17) is 10.5 Å². The van der Waals surface area contributed by atoms with Gasteiger partial charge in [0.15, 0.2) is 0 Å². The van der Waals surface area contributed by atoms with Crippen LogP contribution in [0.4, 0.5) is 22.1 Å². The fourth-order valence-electron chi connectivity index (χ4n) is 3.61. The molecule has 0 bridgehead atoms. The molecule has 33 heavy (non-hydrogen) atoms. The minimum absolute atomic E-state index is 0.0161. The molecule has 1 aliphatic carbocycles. The monoisotopic (exact) mass is 448 g/mol. The normalized spacial score (nSPS) is 17.5. The number of anilines is 3. The lowest BCUT2D eigenvalue weighted by Gasteiger charge is -2.20. The molecular formula is C24H28N6O3. The molecule has 1 aliphatic rings. The molecule has 9 heteroatoms. The fraction of sp³-hybridized carbons (Fsp3) is 0.375. The number of hydrogen-bond donors (Lipinski definition) is 3. The van der Waals surface area contributed by atoms with Crippen LogP contribution >= 0.6 is 0 Å². The van der Waals surface area contributed by atoms with Crippen molar-refractivity contribution in [3.05, 3.63) is 36.3 Å². The van der Waals surface area contributed by atoms with Gasteiger partial charge in [-0.3, -0.25) is 15.1 Å². The molecule has 4 rings (SSSR count). The lowest BCUT2D eigenvalue weighted by atomic mass is 10.0. The maximum Gasteiger partial charge on any atom is 0.412 e. The van der Waals surface area contributed by atoms with Gasteiger partial charge in [-0.05, 0) is 63.1 Å². The van der Waals surface area contributed by atoms with Crippen LogP contribution in [0.25, 0.3) is 22.0 Å². The highest BCUT2D eigenvalue weighted by molar-refractivity contribution is 5.98. The number of nitrogens with zero attached hydrogens (tertiary/aromatic N) is 3. The van der Waals surface area contributed by atoms with Gasteiger partial charge in [0, 0.05) is 29.3 Å². The Morgan fingerprint density at radius 3 is 2.55 bits per heavy atom. The summed E-state index contributed by atoms with van der Waals surface area (Å²) in [5.41, 5.74) is 8.19. The largest absolute Gasteiger partial charge is 0.444 e. The number of carbonyl (C=O) groups excluding carboxylic acids is 2. The second kappa shape index (κ2) is 8.31. The molecule has 0 radical (unpaired) electrons. The SMILES string of the molecule is Cc1c(NC(=O)OC(C)(C)C)cncc1-c1cc2cc(NC(=O)[C@@H]3C[C@H]3C)ncc2c(N)n1. The van der Waals surface area contributed by atoms with Crippen LogP contribution in [0.3, 0.4) is 0 Å². The van der Waals surface area contributed by atoms with E-state index in [2.05, 4.69) is 32.5 Å². The van der Waals surface area contributed by atoms with Gasteiger partial charge in [-0.2, -0.15) is 0 Å². The number of ether oxygens (including phenoxy) is 1. The summed E-state index contributed by atoms with van der Waals surface area (Å²) in [5, 5.41) is 7.09. The molecule has 2 atom stereocenters. The van der Waals surface area contributed by atoms with Gasteiger partial charge < -0.3 is 15.8 Å². The average molecular weight is 449 g/mol. The summed E-state index contributed by atoms with van der Waals surface area (Å²) in [7, 11) is 0. The first-order valence-corrected chi connectivity index (χ1v) is 10.8. The van der Waals surface area contributed by atoms with Gasteiger partial charge in [-0.25, -0.2) is 14.8 Å². The van der Waals surface area contributed by atoms with Gasteiger partial charge in [-0.15, -0.1) is 0 Å². The minimum Gasteiger partial charge on any atom is -0.444 e. The molecule has 0 spiro atoms. The van der Waals surface area contributed by atoms with E-state index in [0.29, 0.717) is 39.9 Å². The van der Waals surface area contributed by atoms with Crippen molar-refractivity contribution in [3.8, 4) is 11.3 Å². The van der Waals surface area contributed by atoms with Crippen LogP contribution in [0.15, 0.2) is 30.7 Å². The Morgan fingerprint density at radius 1 is 1.15 bits per heavy atom. The van der Waals surface area contributed by atoms with Crippen molar-refractivity contribution in [1.29, 1.82) is 0 Å². The summed E-state index contributed by atoms with van der Waals surface area (Å²) in [6.07, 6.45) is 5.18. The highest BCUT2D eigenvalue weighted by Crippen LogP contribution is 2.38. The van der Waals surface area contributed by atoms with E-state index in [1.165, 1.54) is 0 Å². The number of pyridine rings is 3. The molecule has 0 aliphatic heterocycles. The van der Waals surface area contributed by atoms with Crippen molar-refractivity contribution in [2.24, 2.45) is 11.8 Å². The zero-order valence-corrected chi connectivity index (χ0v) is 19.4. The molecule has 3 aromatic rings. The van der Waals surface area contributed by atoms with E-state index in [-0.39, 0.29) is 11.8 Å². The third-order valence-electron chi connectivity index (χ3n) is 5.57. The lowest BCUT2D eigenvalue weighted by Crippen LogP contribution is -2.27. The number of nitrogen functional groups attached to an aromatic ring is 1. The van der Waals surface area contributed by atoms with Crippen LogP contribution in [-0.4, -0.2) is 32.6 Å². The molecule has 3 aromatic heterocycles. The number of carbonyl (C=O) groups is 2. The molecular weight excluding hydrogens is 420 g/mol. The van der Waals surface area contributed by atoms with Gasteiger partial charge in [-0.1, -0.05) is 6.92 Å². The number of nitrogens with one attached hydrogen (secondary N) is 2. The minimum atomic E-state index is -0.615. The van der Waals surface area contributed by atoms with Crippen LogP contribution in [0.5, 0.6) is 0 Å². The van der Waals surface area contributed by atoms with Crippen molar-refractivity contribution in [3.63, 3.8) is 0 Å². The van der Waals surface area contributed by atoms with Crippen molar-refractivity contribution in [2.75, 3.05) is 16.4 Å². The molecule has 0 unspecified atom stereocenters. The Bertz CT molecular complexity index is 1250. The first-order chi connectivity index (χ1) is 15.5. The predicted octanol–water partition coefficient (Wildman–Crippen LogP) is 4.52. The summed E-state index contributed by atoms with van der Waals surface area (Å²) < 4.78 is 5.34. The molecule has 0 saturated heterocycles. The highest BCUT2D eigenvalue weighted by atomic mass is 16.6. The van der Waals surface area contributed by atoms with Gasteiger partial charge in [0.1, 0.15) is 17.2 Å². The third kappa shape index (κ3) is 5.02. The van der Waals surface area contributed by atoms with Crippen LogP contribution in [0.2, 0.25) is 0 Å². The van der Waals surface area contributed by atoms with Crippen LogP contribution < -0.4 is 16.4 Å². The number of rotatable bonds is 4. The van der Waals surface area contributed by atoms with Crippen molar-refractivity contribution < 1.29 is 14.3 Å². The molecule has 4 N–H and O–H groups in total. The molecule has 1 saturated carbocycles. The Labute approximate surface area is 192 Å². The predicted molar refractivity (Wildman–Crippen MR) is 128 cm³/mol. The summed E-state index contributed by atoms with van der Waals surface area (Å²) in [5.74, 6) is 1.23. The first kappa shape index (κ1) is 22.4. The highest BCUT2D eigenvalue weighted by Gasteiger charge is 2.39. The maximum absolute atomic E-state index is 12.3. The van der Waals surface area contributed by atoms with E-state index >= 15 is 0 Å². The summed E-state index contributed by atoms with van der Waals surface area (Å²) in [6, 6.07) is 3.65. The average Bonchev–Trinajstić information content (AvgIpc) is 3.44. The van der Waals surface area contributed by atoms with Crippen molar-refractivity contribution in [1.82, 2.24) is 15.0 Å². The quantitative estimate of drug-likeness (QED) is 0.534. The molecule has 0 aromatic carbocycles. The zero-order chi connectivity index (χ0) is 23.9. The Kier molecular flexibility index (Phi) is 5.65. The molecule has 2 amide bonds. The van der Waals surface area contributed by atoms with E-state index in [0.717, 1.165) is 17.4 Å². The Morgan fingerprint density at radius 2 is 1.88 bits per heavy atom. The number of hydrogen-bond acceptors (Lipinski definition) is 7. The Balaban J connectivity index is 1.65. The van der Waals surface area contributed by atoms with Crippen LogP contribution in [0.1, 0.15) is 39.7 Å². The maximum atomic E-state index is 12.3. The fourth-order valence-corrected chi connectivity index (χ4v) is 3.61. The number of fused-ring (bicyclic) bond motifs is 1. The van der Waals surface area contributed by atoms with E-state index < -0.39 is 11.7 Å². The summed E-state index contributed by atoms with van der Waals surface area (Å²) in [6.45, 7) is 9.31. The third-order valence-corrected chi connectivity index (χ3v) is 5.57. The van der Waals surface area contributed by atoms with Crippen LogP contribution in [-0.2, 0) is 9.53 Å². The van der Waals surface area contributed by atoms with E-state index in [1.54, 1.807) is 45.4 Å². The Hall–Kier alpha value is -3.75. The first-order valence-electron chi connectivity index (χ1n) is 10.8. The second-order valence-electron chi connectivity index (χ2n) is 9.48. The van der Waals surface area contributed by atoms with Crippen molar-refractivity contribution >= 4 is 40.1 Å². The van der Waals surface area contributed by atoms with Crippen molar-refractivity contribution in [2.45, 2.75) is 46.6 Å². The molecule has 172 valence electrons. The number of nitrogens with two attached hydrogens (primary N) is 1. The standard InChI is InChI=1S/C24H28N6O3/c1-12-6-15(12)22(31)30-20-8-14-7-18(28-21(25)17(14)10-27-20)16-9-26-11-19(13(16)2)29-23(32)33-24(3,4)5/h7-12,15H,6H2,1-5H3,(H2,25,28)(H,29,32)(H,27,30,31)/t12-,15-/m1/s1. The molecule has 1 fully saturated rings. The van der Waals surface area contributed by atoms with Gasteiger partial charge in [0.25, 0.3) is 0 Å². The number of aromatic nitrogens is 3. The lowest BCUT2D eigenvalue weighted by molar-refractivity contribution is -0.117. The smallest absolute Gasteiger partial charge is 0.412 e. The van der Waals surface area contributed by atoms with E-state index in [9.17, 15) is 9.59 Å². The molecule has 3 heterocycles. The van der Waals surface area contributed by atoms with Crippen LogP contribution in [0, 0.1) is 18.8 Å². The zero-order valence-electron chi connectivity index (χ0n) is 19.4. The van der Waals surface area contributed by atoms with Gasteiger partial charge in [0.2, 0.25) is 5.91 Å². The van der Waals surface area contributed by atoms with E-state index in [1.807, 2.05) is 13.0 Å². The molecule has 9 nitrogen and oxygen atoms in total. The topological polar surface area (TPSA) is 132 Å². The van der Waals surface area contributed by atoms with Gasteiger partial charge in [0.05, 0.1) is 17.6 Å². The second-order valence-corrected chi connectivity index (χ2v) is 9.48.